The van der Waals surface area contributed by atoms with Crippen LogP contribution < -0.4 is 4.90 Å². The number of nitriles is 1. The van der Waals surface area contributed by atoms with E-state index in [0.29, 0.717) is 55.1 Å². The van der Waals surface area contributed by atoms with Crippen LogP contribution in [0.1, 0.15) is 54.5 Å². The van der Waals surface area contributed by atoms with Crippen molar-refractivity contribution in [2.45, 2.75) is 50.4 Å². The molecule has 0 unspecified atom stereocenters. The first-order valence-electron chi connectivity index (χ1n) is 12.1. The molecule has 7 rings (SSSR count). The molecule has 8 nitrogen and oxygen atoms in total. The summed E-state index contributed by atoms with van der Waals surface area (Å²) in [7, 11) is 0. The highest BCUT2D eigenvalue weighted by Crippen LogP contribution is 2.56. The number of alkyl halides is 1. The van der Waals surface area contributed by atoms with Gasteiger partial charge in [-0.15, -0.1) is 10.2 Å². The molecule has 0 radical (unpaired) electrons. The van der Waals surface area contributed by atoms with Gasteiger partial charge >= 0.3 is 0 Å². The predicted molar refractivity (Wildman–Crippen MR) is 127 cm³/mol. The lowest BCUT2D eigenvalue weighted by atomic mass is 9.57. The number of anilines is 1. The Morgan fingerprint density at radius 2 is 1.97 bits per heavy atom. The third-order valence-electron chi connectivity index (χ3n) is 7.91. The van der Waals surface area contributed by atoms with Crippen LogP contribution >= 0.6 is 11.6 Å². The summed E-state index contributed by atoms with van der Waals surface area (Å²) in [5.74, 6) is 2.79. The molecule has 4 heterocycles. The standard InChI is InChI=1S/C25H24ClFN8/c26-18-1-2-20-16(7-18)11-33(15-25(27)4-5-25)12-21-31-32-22(35(20)21)17-8-24(9-17)13-34(14-24)23-29-6-3-19(10-28)30-23/h1-3,6-7,17H,4-5,8-9,11-15H2. The smallest absolute Gasteiger partial charge is 0.226 e. The fourth-order valence-corrected chi connectivity index (χ4v) is 6.25. The number of fused-ring (bicyclic) bond motifs is 3. The van der Waals surface area contributed by atoms with Crippen molar-refractivity contribution in [1.29, 1.82) is 5.26 Å². The van der Waals surface area contributed by atoms with Crippen LogP contribution in [0.2, 0.25) is 5.02 Å². The Labute approximate surface area is 207 Å². The van der Waals surface area contributed by atoms with E-state index in [9.17, 15) is 4.39 Å². The van der Waals surface area contributed by atoms with Crippen LogP contribution in [0.25, 0.3) is 5.69 Å². The maximum Gasteiger partial charge on any atom is 0.226 e. The Kier molecular flexibility index (Phi) is 4.52. The number of rotatable bonds is 4. The molecule has 2 aliphatic heterocycles. The van der Waals surface area contributed by atoms with Crippen LogP contribution in [0.5, 0.6) is 0 Å². The zero-order chi connectivity index (χ0) is 23.8. The molecule has 1 saturated heterocycles. The second-order valence-corrected chi connectivity index (χ2v) is 11.1. The summed E-state index contributed by atoms with van der Waals surface area (Å²) in [6.07, 6.45) is 4.97. The first-order chi connectivity index (χ1) is 16.9. The van der Waals surface area contributed by atoms with Gasteiger partial charge in [0, 0.05) is 48.7 Å². The lowest BCUT2D eigenvalue weighted by Crippen LogP contribution is -2.62. The van der Waals surface area contributed by atoms with Crippen molar-refractivity contribution in [3.8, 4) is 11.8 Å². The first-order valence-corrected chi connectivity index (χ1v) is 12.4. The fraction of sp³-hybridized carbons (Fsp3) is 0.480. The van der Waals surface area contributed by atoms with E-state index >= 15 is 0 Å². The Balaban J connectivity index is 1.12. The van der Waals surface area contributed by atoms with E-state index in [4.69, 9.17) is 16.9 Å². The van der Waals surface area contributed by atoms with E-state index in [1.165, 1.54) is 0 Å². The number of nitrogens with zero attached hydrogens (tertiary/aromatic N) is 8. The number of halogens is 2. The molecule has 35 heavy (non-hydrogen) atoms. The Hall–Kier alpha value is -3.09. The summed E-state index contributed by atoms with van der Waals surface area (Å²) in [6.45, 7) is 3.41. The maximum absolute atomic E-state index is 14.6. The van der Waals surface area contributed by atoms with Crippen molar-refractivity contribution >= 4 is 17.5 Å². The lowest BCUT2D eigenvalue weighted by molar-refractivity contribution is 0.0574. The molecule has 0 N–H and O–H groups in total. The lowest BCUT2D eigenvalue weighted by Gasteiger charge is -2.58. The van der Waals surface area contributed by atoms with Crippen LogP contribution in [0.15, 0.2) is 30.5 Å². The molecular weight excluding hydrogens is 467 g/mol. The van der Waals surface area contributed by atoms with Crippen LogP contribution in [0.4, 0.5) is 10.3 Å². The molecule has 0 bridgehead atoms. The van der Waals surface area contributed by atoms with Gasteiger partial charge in [0.05, 0.1) is 12.2 Å². The minimum Gasteiger partial charge on any atom is -0.340 e. The number of aromatic nitrogens is 5. The number of hydrogen-bond donors (Lipinski definition) is 0. The van der Waals surface area contributed by atoms with Gasteiger partial charge in [-0.05, 0) is 55.5 Å². The summed E-state index contributed by atoms with van der Waals surface area (Å²) in [5, 5.41) is 19.0. The minimum absolute atomic E-state index is 0.231. The largest absolute Gasteiger partial charge is 0.340 e. The highest BCUT2D eigenvalue weighted by atomic mass is 35.5. The van der Waals surface area contributed by atoms with Gasteiger partial charge in [-0.25, -0.2) is 14.4 Å². The Morgan fingerprint density at radius 3 is 2.74 bits per heavy atom. The van der Waals surface area contributed by atoms with E-state index in [1.54, 1.807) is 12.3 Å². The van der Waals surface area contributed by atoms with Crippen LogP contribution in [-0.4, -0.2) is 54.9 Å². The van der Waals surface area contributed by atoms with Crippen molar-refractivity contribution in [3.05, 3.63) is 58.4 Å². The zero-order valence-electron chi connectivity index (χ0n) is 19.2. The molecule has 1 spiro atoms. The molecule has 3 fully saturated rings. The monoisotopic (exact) mass is 490 g/mol. The summed E-state index contributed by atoms with van der Waals surface area (Å²) < 4.78 is 16.8. The normalized spacial score (nSPS) is 21.9. The molecule has 1 aromatic carbocycles. The molecule has 0 atom stereocenters. The number of hydrogen-bond acceptors (Lipinski definition) is 7. The van der Waals surface area contributed by atoms with Crippen molar-refractivity contribution in [1.82, 2.24) is 29.6 Å². The molecule has 2 aliphatic carbocycles. The summed E-state index contributed by atoms with van der Waals surface area (Å²) in [6, 6.07) is 9.64. The molecule has 4 aliphatic rings. The summed E-state index contributed by atoms with van der Waals surface area (Å²) in [4.78, 5) is 12.9. The molecule has 2 saturated carbocycles. The topological polar surface area (TPSA) is 86.8 Å². The quantitative estimate of drug-likeness (QED) is 0.550. The van der Waals surface area contributed by atoms with Crippen molar-refractivity contribution < 1.29 is 4.39 Å². The van der Waals surface area contributed by atoms with Gasteiger partial charge in [0.25, 0.3) is 0 Å². The van der Waals surface area contributed by atoms with Gasteiger partial charge in [-0.1, -0.05) is 11.6 Å². The second-order valence-electron chi connectivity index (χ2n) is 10.7. The van der Waals surface area contributed by atoms with E-state index < -0.39 is 5.67 Å². The third-order valence-corrected chi connectivity index (χ3v) is 8.15. The van der Waals surface area contributed by atoms with Gasteiger partial charge in [0.2, 0.25) is 5.95 Å². The highest BCUT2D eigenvalue weighted by molar-refractivity contribution is 6.30. The molecule has 0 amide bonds. The van der Waals surface area contributed by atoms with Gasteiger partial charge in [-0.2, -0.15) is 5.26 Å². The molecule has 2 aromatic heterocycles. The molecular formula is C25H24ClFN8. The SMILES string of the molecule is N#Cc1ccnc(N2CC3(CC(c4nnc5n4-c4ccc(Cl)cc4CN(CC4(F)CC4)C5)C3)C2)n1. The van der Waals surface area contributed by atoms with Gasteiger partial charge in [0.15, 0.2) is 5.82 Å². The van der Waals surface area contributed by atoms with E-state index in [2.05, 4.69) is 40.6 Å². The van der Waals surface area contributed by atoms with Crippen molar-refractivity contribution in [2.24, 2.45) is 5.41 Å². The molecule has 10 heteroatoms. The molecule has 3 aromatic rings. The third kappa shape index (κ3) is 3.58. The predicted octanol–water partition coefficient (Wildman–Crippen LogP) is 3.78. The minimum atomic E-state index is -1.07. The summed E-state index contributed by atoms with van der Waals surface area (Å²) in [5.41, 5.74) is 1.69. The van der Waals surface area contributed by atoms with E-state index in [1.807, 2.05) is 18.2 Å². The van der Waals surface area contributed by atoms with Gasteiger partial charge < -0.3 is 4.90 Å². The average molecular weight is 491 g/mol. The second kappa shape index (κ2) is 7.45. The maximum atomic E-state index is 14.6. The molecule has 178 valence electrons. The van der Waals surface area contributed by atoms with Gasteiger partial charge in [0.1, 0.15) is 23.3 Å². The van der Waals surface area contributed by atoms with Crippen molar-refractivity contribution in [3.63, 3.8) is 0 Å². The Bertz CT molecular complexity index is 1360. The van der Waals surface area contributed by atoms with E-state index in [0.717, 1.165) is 48.8 Å². The first kappa shape index (κ1) is 21.2. The summed E-state index contributed by atoms with van der Waals surface area (Å²) >= 11 is 6.35. The van der Waals surface area contributed by atoms with E-state index in [-0.39, 0.29) is 5.41 Å². The van der Waals surface area contributed by atoms with Crippen LogP contribution in [0.3, 0.4) is 0 Å². The van der Waals surface area contributed by atoms with Crippen LogP contribution in [0, 0.1) is 16.7 Å². The van der Waals surface area contributed by atoms with Crippen molar-refractivity contribution in [2.75, 3.05) is 24.5 Å². The van der Waals surface area contributed by atoms with Gasteiger partial charge in [-0.3, -0.25) is 9.47 Å². The average Bonchev–Trinajstić information content (AvgIpc) is 3.42. The Morgan fingerprint density at radius 1 is 1.14 bits per heavy atom. The fourth-order valence-electron chi connectivity index (χ4n) is 6.06. The highest BCUT2D eigenvalue weighted by Gasteiger charge is 2.55. The zero-order valence-corrected chi connectivity index (χ0v) is 19.9. The van der Waals surface area contributed by atoms with Crippen LogP contribution in [-0.2, 0) is 13.1 Å². The number of benzene rings is 1.